The van der Waals surface area contributed by atoms with Crippen molar-refractivity contribution in [2.45, 2.75) is 25.9 Å². The highest BCUT2D eigenvalue weighted by molar-refractivity contribution is 6.31. The second-order valence-corrected chi connectivity index (χ2v) is 5.70. The van der Waals surface area contributed by atoms with E-state index in [2.05, 4.69) is 41.1 Å². The average molecular weight is 283 g/mol. The van der Waals surface area contributed by atoms with Gasteiger partial charge < -0.3 is 10.2 Å². The Bertz CT molecular complexity index is 422. The second-order valence-electron chi connectivity index (χ2n) is 5.30. The standard InChI is InChI=1S/C14H23ClN4/c1-4-16-14-6-5-12(15)13(17-14)10-19-8-7-11(9-19)18(2)3/h5-6,11H,4,7-10H2,1-3H3,(H,16,17). The van der Waals surface area contributed by atoms with E-state index in [1.165, 1.54) is 6.42 Å². The summed E-state index contributed by atoms with van der Waals surface area (Å²) in [5.74, 6) is 0.908. The van der Waals surface area contributed by atoms with Crippen molar-refractivity contribution in [3.63, 3.8) is 0 Å². The first-order valence-corrected chi connectivity index (χ1v) is 7.26. The maximum Gasteiger partial charge on any atom is 0.126 e. The highest BCUT2D eigenvalue weighted by Crippen LogP contribution is 2.21. The summed E-state index contributed by atoms with van der Waals surface area (Å²) >= 11 is 6.25. The Balaban J connectivity index is 2.01. The minimum Gasteiger partial charge on any atom is -0.370 e. The highest BCUT2D eigenvalue weighted by atomic mass is 35.5. The van der Waals surface area contributed by atoms with Gasteiger partial charge in [0.2, 0.25) is 0 Å². The molecule has 1 saturated heterocycles. The van der Waals surface area contributed by atoms with Crippen molar-refractivity contribution in [2.75, 3.05) is 39.0 Å². The summed E-state index contributed by atoms with van der Waals surface area (Å²) in [7, 11) is 4.29. The third-order valence-corrected chi connectivity index (χ3v) is 3.97. The van der Waals surface area contributed by atoms with Gasteiger partial charge in [0.15, 0.2) is 0 Å². The van der Waals surface area contributed by atoms with E-state index in [4.69, 9.17) is 11.6 Å². The molecule has 2 rings (SSSR count). The minimum absolute atomic E-state index is 0.649. The van der Waals surface area contributed by atoms with E-state index in [9.17, 15) is 0 Å². The number of likely N-dealkylation sites (N-methyl/N-ethyl adjacent to an activating group) is 1. The molecule has 1 unspecified atom stereocenters. The molecule has 0 radical (unpaired) electrons. The van der Waals surface area contributed by atoms with Crippen LogP contribution in [-0.4, -0.2) is 54.6 Å². The quantitative estimate of drug-likeness (QED) is 0.898. The lowest BCUT2D eigenvalue weighted by Crippen LogP contribution is -2.31. The Kier molecular flexibility index (Phi) is 5.02. The molecule has 0 amide bonds. The van der Waals surface area contributed by atoms with Crippen molar-refractivity contribution >= 4 is 17.4 Å². The molecule has 1 aliphatic heterocycles. The summed E-state index contributed by atoms with van der Waals surface area (Å²) < 4.78 is 0. The molecule has 19 heavy (non-hydrogen) atoms. The van der Waals surface area contributed by atoms with Crippen molar-refractivity contribution < 1.29 is 0 Å². The van der Waals surface area contributed by atoms with Gasteiger partial charge in [0.25, 0.3) is 0 Å². The number of anilines is 1. The molecule has 0 aliphatic carbocycles. The second kappa shape index (κ2) is 6.55. The molecule has 0 aromatic carbocycles. The lowest BCUT2D eigenvalue weighted by atomic mass is 10.2. The van der Waals surface area contributed by atoms with Crippen LogP contribution >= 0.6 is 11.6 Å². The third-order valence-electron chi connectivity index (χ3n) is 3.63. The SMILES string of the molecule is CCNc1ccc(Cl)c(CN2CCC(N(C)C)C2)n1. The van der Waals surface area contributed by atoms with Crippen LogP contribution < -0.4 is 5.32 Å². The zero-order chi connectivity index (χ0) is 13.8. The van der Waals surface area contributed by atoms with Crippen LogP contribution in [0.2, 0.25) is 5.02 Å². The van der Waals surface area contributed by atoms with Crippen LogP contribution in [0.5, 0.6) is 0 Å². The van der Waals surface area contributed by atoms with Gasteiger partial charge in [-0.1, -0.05) is 11.6 Å². The smallest absolute Gasteiger partial charge is 0.126 e. The van der Waals surface area contributed by atoms with Crippen molar-refractivity contribution in [1.29, 1.82) is 0 Å². The van der Waals surface area contributed by atoms with E-state index < -0.39 is 0 Å². The Hall–Kier alpha value is -0.840. The molecule has 2 heterocycles. The molecule has 0 bridgehead atoms. The Morgan fingerprint density at radius 1 is 1.47 bits per heavy atom. The summed E-state index contributed by atoms with van der Waals surface area (Å²) in [6, 6.07) is 4.51. The molecule has 5 heteroatoms. The molecular weight excluding hydrogens is 260 g/mol. The molecule has 1 atom stereocenters. The summed E-state index contributed by atoms with van der Waals surface area (Å²) in [5.41, 5.74) is 0.972. The van der Waals surface area contributed by atoms with Crippen molar-refractivity contribution in [1.82, 2.24) is 14.8 Å². The van der Waals surface area contributed by atoms with Crippen molar-refractivity contribution in [3.8, 4) is 0 Å². The summed E-state index contributed by atoms with van der Waals surface area (Å²) in [6.45, 7) is 5.99. The van der Waals surface area contributed by atoms with Crippen molar-refractivity contribution in [2.24, 2.45) is 0 Å². The molecule has 1 aromatic rings. The monoisotopic (exact) mass is 282 g/mol. The third kappa shape index (κ3) is 3.81. The summed E-state index contributed by atoms with van der Waals surface area (Å²) in [5, 5.41) is 3.99. The van der Waals surface area contributed by atoms with E-state index in [1.807, 2.05) is 12.1 Å². The van der Waals surface area contributed by atoms with Crippen LogP contribution in [0.15, 0.2) is 12.1 Å². The minimum atomic E-state index is 0.649. The van der Waals surface area contributed by atoms with Crippen LogP contribution in [0.4, 0.5) is 5.82 Å². The Morgan fingerprint density at radius 3 is 2.89 bits per heavy atom. The first kappa shape index (κ1) is 14.6. The predicted octanol–water partition coefficient (Wildman–Crippen LogP) is 2.30. The van der Waals surface area contributed by atoms with Gasteiger partial charge in [-0.15, -0.1) is 0 Å². The van der Waals surface area contributed by atoms with E-state index in [-0.39, 0.29) is 0 Å². The zero-order valence-electron chi connectivity index (χ0n) is 12.0. The van der Waals surface area contributed by atoms with Crippen LogP contribution in [0, 0.1) is 0 Å². The van der Waals surface area contributed by atoms with Crippen LogP contribution in [-0.2, 0) is 6.54 Å². The molecule has 4 nitrogen and oxygen atoms in total. The topological polar surface area (TPSA) is 31.4 Å². The van der Waals surface area contributed by atoms with Gasteiger partial charge in [0, 0.05) is 32.2 Å². The van der Waals surface area contributed by atoms with Crippen LogP contribution in [0.3, 0.4) is 0 Å². The van der Waals surface area contributed by atoms with Gasteiger partial charge in [0.05, 0.1) is 10.7 Å². The van der Waals surface area contributed by atoms with Gasteiger partial charge in [-0.3, -0.25) is 4.90 Å². The Labute approximate surface area is 120 Å². The average Bonchev–Trinajstić information content (AvgIpc) is 2.82. The molecule has 1 fully saturated rings. The van der Waals surface area contributed by atoms with Gasteiger partial charge >= 0.3 is 0 Å². The lowest BCUT2D eigenvalue weighted by molar-refractivity contribution is 0.263. The highest BCUT2D eigenvalue weighted by Gasteiger charge is 2.24. The molecule has 1 aliphatic rings. The lowest BCUT2D eigenvalue weighted by Gasteiger charge is -2.20. The molecule has 0 spiro atoms. The zero-order valence-corrected chi connectivity index (χ0v) is 12.7. The largest absolute Gasteiger partial charge is 0.370 e. The number of halogens is 1. The normalized spacial score (nSPS) is 20.2. The summed E-state index contributed by atoms with van der Waals surface area (Å²) in [6.07, 6.45) is 1.22. The number of rotatable bonds is 5. The predicted molar refractivity (Wildman–Crippen MR) is 80.8 cm³/mol. The van der Waals surface area contributed by atoms with Gasteiger partial charge in [-0.25, -0.2) is 4.98 Å². The number of hydrogen-bond acceptors (Lipinski definition) is 4. The number of pyridine rings is 1. The molecule has 1 N–H and O–H groups in total. The van der Waals surface area contributed by atoms with E-state index in [0.717, 1.165) is 42.7 Å². The first-order valence-electron chi connectivity index (χ1n) is 6.88. The maximum absolute atomic E-state index is 6.25. The molecule has 106 valence electrons. The van der Waals surface area contributed by atoms with E-state index in [1.54, 1.807) is 0 Å². The fourth-order valence-corrected chi connectivity index (χ4v) is 2.63. The van der Waals surface area contributed by atoms with Gasteiger partial charge in [0.1, 0.15) is 5.82 Å². The molecule has 0 saturated carbocycles. The van der Waals surface area contributed by atoms with Crippen LogP contribution in [0.25, 0.3) is 0 Å². The van der Waals surface area contributed by atoms with Crippen molar-refractivity contribution in [3.05, 3.63) is 22.8 Å². The fraction of sp³-hybridized carbons (Fsp3) is 0.643. The first-order chi connectivity index (χ1) is 9.10. The van der Waals surface area contributed by atoms with Gasteiger partial charge in [-0.2, -0.15) is 0 Å². The number of nitrogens with zero attached hydrogens (tertiary/aromatic N) is 3. The van der Waals surface area contributed by atoms with E-state index in [0.29, 0.717) is 6.04 Å². The molecular formula is C14H23ClN4. The van der Waals surface area contributed by atoms with Crippen LogP contribution in [0.1, 0.15) is 19.0 Å². The number of aromatic nitrogens is 1. The molecule has 1 aromatic heterocycles. The van der Waals surface area contributed by atoms with Gasteiger partial charge in [-0.05, 0) is 39.6 Å². The number of hydrogen-bond donors (Lipinski definition) is 1. The summed E-state index contributed by atoms with van der Waals surface area (Å²) in [4.78, 5) is 9.32. The fourth-order valence-electron chi connectivity index (χ4n) is 2.46. The number of nitrogens with one attached hydrogen (secondary N) is 1. The Morgan fingerprint density at radius 2 is 2.26 bits per heavy atom. The maximum atomic E-state index is 6.25. The number of likely N-dealkylation sites (tertiary alicyclic amines) is 1. The van der Waals surface area contributed by atoms with E-state index >= 15 is 0 Å².